The predicted molar refractivity (Wildman–Crippen MR) is 238 cm³/mol. The van der Waals surface area contributed by atoms with Gasteiger partial charge in [-0.25, -0.2) is 4.57 Å². The molecule has 1 heterocycles. The molecule has 0 aliphatic rings. The number of benzene rings is 1. The van der Waals surface area contributed by atoms with Crippen molar-refractivity contribution >= 4 is 42.4 Å². The monoisotopic (exact) mass is 864 g/mol. The zero-order chi connectivity index (χ0) is 44.0. The van der Waals surface area contributed by atoms with Crippen LogP contribution < -0.4 is 21.3 Å². The quantitative estimate of drug-likeness (QED) is 0.0262. The summed E-state index contributed by atoms with van der Waals surface area (Å²) in [6.45, 7) is 6.54. The van der Waals surface area contributed by atoms with Gasteiger partial charge in [0, 0.05) is 36.6 Å². The topological polar surface area (TPSA) is 208 Å². The van der Waals surface area contributed by atoms with Crippen LogP contribution in [0.15, 0.2) is 30.5 Å². The van der Waals surface area contributed by atoms with Gasteiger partial charge in [-0.15, -0.1) is 0 Å². The number of carbonyl (C=O) groups excluding carboxylic acids is 4. The standard InChI is InChI=1S/C45H78N5O9P/c1-5-7-8-9-10-11-12-13-14-15-16-17-18-19-20-21-22-27-41(52)49-40(44(54)46-29-28-36(4)51)34-59-60(56,57)58-31-30-47-45(55)43(35(3)6-2)50-42(53)32-37-33-48-39-26-24-23-25-38(37)39/h23-26,33,35-36,40,43,48,51H,5-22,27-32,34H2,1-4H3,(H,46,54)(H,47,55)(H,49,52)(H,50,53)(H,56,57)/t35-,36?,40-,43-/m0/s1. The molecular formula is C45H78N5O9P. The smallest absolute Gasteiger partial charge is 0.393 e. The Morgan fingerprint density at radius 3 is 1.88 bits per heavy atom. The van der Waals surface area contributed by atoms with Gasteiger partial charge in [0.1, 0.15) is 12.1 Å². The summed E-state index contributed by atoms with van der Waals surface area (Å²) in [5.41, 5.74) is 1.72. The zero-order valence-electron chi connectivity index (χ0n) is 37.1. The van der Waals surface area contributed by atoms with Gasteiger partial charge in [-0.05, 0) is 37.3 Å². The Hall–Kier alpha value is -3.29. The lowest BCUT2D eigenvalue weighted by molar-refractivity contribution is -0.130. The van der Waals surface area contributed by atoms with Crippen LogP contribution in [0.5, 0.6) is 0 Å². The maximum Gasteiger partial charge on any atom is 0.472 e. The molecule has 2 aromatic rings. The molecule has 0 aliphatic carbocycles. The number of H-pyrrole nitrogens is 1. The molecule has 4 amide bonds. The Morgan fingerprint density at radius 2 is 1.30 bits per heavy atom. The fourth-order valence-electron chi connectivity index (χ4n) is 7.02. The van der Waals surface area contributed by atoms with E-state index in [1.54, 1.807) is 13.1 Å². The molecule has 0 saturated heterocycles. The molecule has 0 radical (unpaired) electrons. The summed E-state index contributed by atoms with van der Waals surface area (Å²) in [4.78, 5) is 65.4. The molecule has 2 unspecified atom stereocenters. The minimum absolute atomic E-state index is 0.0813. The maximum absolute atomic E-state index is 13.1. The zero-order valence-corrected chi connectivity index (χ0v) is 38.0. The number of phosphoric acid groups is 1. The molecule has 342 valence electrons. The Kier molecular flexibility index (Phi) is 27.8. The van der Waals surface area contributed by atoms with Crippen molar-refractivity contribution in [1.82, 2.24) is 26.3 Å². The molecule has 15 heteroatoms. The van der Waals surface area contributed by atoms with Crippen LogP contribution in [0.25, 0.3) is 10.9 Å². The first-order chi connectivity index (χ1) is 28.9. The largest absolute Gasteiger partial charge is 0.472 e. The summed E-state index contributed by atoms with van der Waals surface area (Å²) >= 11 is 0. The molecule has 7 N–H and O–H groups in total. The van der Waals surface area contributed by atoms with Crippen molar-refractivity contribution in [2.75, 3.05) is 26.3 Å². The number of aromatic nitrogens is 1. The van der Waals surface area contributed by atoms with Crippen LogP contribution in [0.2, 0.25) is 0 Å². The van der Waals surface area contributed by atoms with Gasteiger partial charge in [-0.1, -0.05) is 148 Å². The number of nitrogens with one attached hydrogen (secondary N) is 5. The number of fused-ring (bicyclic) bond motifs is 1. The van der Waals surface area contributed by atoms with Crippen molar-refractivity contribution in [3.63, 3.8) is 0 Å². The van der Waals surface area contributed by atoms with E-state index in [1.165, 1.54) is 83.5 Å². The highest BCUT2D eigenvalue weighted by Gasteiger charge is 2.29. The second kappa shape index (κ2) is 31.5. The Morgan fingerprint density at radius 1 is 0.733 bits per heavy atom. The third-order valence-corrected chi connectivity index (χ3v) is 11.9. The number of carbonyl (C=O) groups is 4. The first kappa shape index (κ1) is 52.8. The molecule has 0 saturated carbocycles. The normalized spacial score (nSPS) is 14.5. The maximum atomic E-state index is 13.1. The van der Waals surface area contributed by atoms with E-state index in [9.17, 15) is 33.7 Å². The lowest BCUT2D eigenvalue weighted by Gasteiger charge is -2.24. The number of phosphoric ester groups is 1. The van der Waals surface area contributed by atoms with Gasteiger partial charge < -0.3 is 36.3 Å². The number of aromatic amines is 1. The molecule has 0 bridgehead atoms. The van der Waals surface area contributed by atoms with E-state index in [0.717, 1.165) is 35.7 Å². The summed E-state index contributed by atoms with van der Waals surface area (Å²) in [5, 5.41) is 21.2. The van der Waals surface area contributed by atoms with Gasteiger partial charge in [-0.3, -0.25) is 28.2 Å². The van der Waals surface area contributed by atoms with Gasteiger partial charge in [0.15, 0.2) is 0 Å². The van der Waals surface area contributed by atoms with Crippen LogP contribution in [0.4, 0.5) is 0 Å². The summed E-state index contributed by atoms with van der Waals surface area (Å²) in [5.74, 6) is -1.98. The summed E-state index contributed by atoms with van der Waals surface area (Å²) < 4.78 is 22.9. The van der Waals surface area contributed by atoms with Crippen molar-refractivity contribution in [2.45, 2.75) is 181 Å². The molecule has 1 aromatic heterocycles. The highest BCUT2D eigenvalue weighted by atomic mass is 31.2. The second-order valence-electron chi connectivity index (χ2n) is 16.3. The summed E-state index contributed by atoms with van der Waals surface area (Å²) in [6, 6.07) is 5.52. The van der Waals surface area contributed by atoms with Gasteiger partial charge in [-0.2, -0.15) is 0 Å². The van der Waals surface area contributed by atoms with E-state index in [-0.39, 0.29) is 50.1 Å². The number of rotatable bonds is 36. The number of amides is 4. The van der Waals surface area contributed by atoms with Crippen LogP contribution in [-0.4, -0.2) is 83.1 Å². The fraction of sp³-hybridized carbons (Fsp3) is 0.733. The first-order valence-corrected chi connectivity index (χ1v) is 24.3. The Balaban J connectivity index is 1.71. The average Bonchev–Trinajstić information content (AvgIpc) is 3.62. The fourth-order valence-corrected chi connectivity index (χ4v) is 7.75. The minimum Gasteiger partial charge on any atom is -0.393 e. The van der Waals surface area contributed by atoms with Crippen LogP contribution in [0.1, 0.15) is 162 Å². The molecule has 2 rings (SSSR count). The number of aliphatic hydroxyl groups excluding tert-OH is 1. The minimum atomic E-state index is -4.71. The van der Waals surface area contributed by atoms with Crippen LogP contribution >= 0.6 is 7.82 Å². The third-order valence-electron chi connectivity index (χ3n) is 10.9. The summed E-state index contributed by atoms with van der Waals surface area (Å²) in [6.07, 6.45) is 23.2. The average molecular weight is 864 g/mol. The van der Waals surface area contributed by atoms with Gasteiger partial charge in [0.2, 0.25) is 23.6 Å². The highest BCUT2D eigenvalue weighted by Crippen LogP contribution is 2.43. The van der Waals surface area contributed by atoms with E-state index in [2.05, 4.69) is 33.2 Å². The van der Waals surface area contributed by atoms with E-state index in [1.807, 2.05) is 38.1 Å². The second-order valence-corrected chi connectivity index (χ2v) is 17.8. The van der Waals surface area contributed by atoms with Crippen molar-refractivity contribution < 1.29 is 42.8 Å². The first-order valence-electron chi connectivity index (χ1n) is 22.9. The lowest BCUT2D eigenvalue weighted by atomic mass is 9.98. The van der Waals surface area contributed by atoms with Crippen molar-refractivity contribution in [1.29, 1.82) is 0 Å². The molecular weight excluding hydrogens is 785 g/mol. The van der Waals surface area contributed by atoms with E-state index >= 15 is 0 Å². The number of para-hydroxylation sites is 1. The lowest BCUT2D eigenvalue weighted by Crippen LogP contribution is -2.51. The molecule has 0 aliphatic heterocycles. The van der Waals surface area contributed by atoms with Crippen molar-refractivity contribution in [2.24, 2.45) is 5.92 Å². The summed E-state index contributed by atoms with van der Waals surface area (Å²) in [7, 11) is -4.71. The number of unbranched alkanes of at least 4 members (excludes halogenated alkanes) is 16. The van der Waals surface area contributed by atoms with E-state index in [4.69, 9.17) is 9.05 Å². The molecule has 1 aromatic carbocycles. The van der Waals surface area contributed by atoms with Crippen LogP contribution in [0.3, 0.4) is 0 Å². The number of hydrogen-bond acceptors (Lipinski definition) is 8. The van der Waals surface area contributed by atoms with Gasteiger partial charge >= 0.3 is 7.82 Å². The molecule has 5 atom stereocenters. The highest BCUT2D eigenvalue weighted by molar-refractivity contribution is 7.47. The molecule has 0 fully saturated rings. The predicted octanol–water partition coefficient (Wildman–Crippen LogP) is 7.90. The van der Waals surface area contributed by atoms with E-state index in [0.29, 0.717) is 12.8 Å². The third kappa shape index (κ3) is 23.6. The molecule has 14 nitrogen and oxygen atoms in total. The number of hydrogen-bond donors (Lipinski definition) is 7. The molecule has 0 spiro atoms. The van der Waals surface area contributed by atoms with Crippen molar-refractivity contribution in [3.8, 4) is 0 Å². The Labute approximate surface area is 359 Å². The molecule has 60 heavy (non-hydrogen) atoms. The van der Waals surface area contributed by atoms with Gasteiger partial charge in [0.05, 0.1) is 25.7 Å². The SMILES string of the molecule is CCCCCCCCCCCCCCCCCCCC(=O)N[C@@H](COP(=O)(O)OCCNC(=O)[C@@H](NC(=O)Cc1c[nH]c2ccccc12)[C@@H](C)CC)C(=O)NCCC(C)O. The van der Waals surface area contributed by atoms with Crippen LogP contribution in [-0.2, 0) is 39.2 Å². The van der Waals surface area contributed by atoms with Gasteiger partial charge in [0.25, 0.3) is 0 Å². The number of aliphatic hydroxyl groups is 1. The van der Waals surface area contributed by atoms with Crippen molar-refractivity contribution in [3.05, 3.63) is 36.0 Å². The van der Waals surface area contributed by atoms with Crippen LogP contribution in [0, 0.1) is 5.92 Å². The Bertz CT molecular complexity index is 1550. The van der Waals surface area contributed by atoms with E-state index < -0.39 is 51.0 Å².